The van der Waals surface area contributed by atoms with Crippen LogP contribution in [0.15, 0.2) is 18.2 Å². The molecular weight excluding hydrogens is 259 g/mol. The third-order valence-corrected chi connectivity index (χ3v) is 4.30. The topological polar surface area (TPSA) is 52.6 Å². The summed E-state index contributed by atoms with van der Waals surface area (Å²) < 4.78 is 13.3. The van der Waals surface area contributed by atoms with Crippen LogP contribution in [-0.2, 0) is 4.79 Å². The standard InChI is InChI=1S/C15H19FN2O2/c16-11-6-7-12-13(8-11)17-18(14(12)15(19)20)9-10-4-2-1-3-5-10/h6-8,10,14,17H,1-5,9H2,(H,19,20). The molecule has 1 aliphatic carbocycles. The van der Waals surface area contributed by atoms with Gasteiger partial charge in [0.15, 0.2) is 6.04 Å². The molecule has 20 heavy (non-hydrogen) atoms. The van der Waals surface area contributed by atoms with Crippen LogP contribution in [0.1, 0.15) is 43.7 Å². The van der Waals surface area contributed by atoms with Gasteiger partial charge in [-0.05, 0) is 30.9 Å². The largest absolute Gasteiger partial charge is 0.480 e. The Bertz CT molecular complexity index is 515. The van der Waals surface area contributed by atoms with Crippen LogP contribution in [0.4, 0.5) is 10.1 Å². The number of hydrogen-bond acceptors (Lipinski definition) is 3. The number of rotatable bonds is 3. The van der Waals surface area contributed by atoms with Crippen molar-refractivity contribution in [2.45, 2.75) is 38.1 Å². The number of nitrogens with one attached hydrogen (secondary N) is 1. The number of carboxylic acids is 1. The van der Waals surface area contributed by atoms with Crippen molar-refractivity contribution < 1.29 is 14.3 Å². The molecule has 2 N–H and O–H groups in total. The van der Waals surface area contributed by atoms with Gasteiger partial charge in [0.05, 0.1) is 5.69 Å². The Kier molecular flexibility index (Phi) is 3.61. The number of aliphatic carboxylic acids is 1. The second-order valence-corrected chi connectivity index (χ2v) is 5.74. The molecule has 5 heteroatoms. The first kappa shape index (κ1) is 13.4. The number of benzene rings is 1. The summed E-state index contributed by atoms with van der Waals surface area (Å²) in [6.45, 7) is 0.702. The van der Waals surface area contributed by atoms with Gasteiger partial charge >= 0.3 is 5.97 Å². The predicted molar refractivity (Wildman–Crippen MR) is 73.7 cm³/mol. The fraction of sp³-hybridized carbons (Fsp3) is 0.533. The van der Waals surface area contributed by atoms with Gasteiger partial charge < -0.3 is 10.5 Å². The minimum absolute atomic E-state index is 0.347. The monoisotopic (exact) mass is 278 g/mol. The molecule has 0 spiro atoms. The predicted octanol–water partition coefficient (Wildman–Crippen LogP) is 3.17. The van der Waals surface area contributed by atoms with E-state index in [4.69, 9.17) is 0 Å². The lowest BCUT2D eigenvalue weighted by Gasteiger charge is -2.29. The molecule has 1 heterocycles. The molecule has 108 valence electrons. The molecule has 1 aromatic carbocycles. The van der Waals surface area contributed by atoms with Crippen molar-refractivity contribution in [1.82, 2.24) is 5.01 Å². The summed E-state index contributed by atoms with van der Waals surface area (Å²) in [5.74, 6) is -0.712. The van der Waals surface area contributed by atoms with Gasteiger partial charge in [-0.2, -0.15) is 0 Å². The number of hydrogen-bond donors (Lipinski definition) is 2. The van der Waals surface area contributed by atoms with E-state index in [2.05, 4.69) is 5.43 Å². The first-order valence-corrected chi connectivity index (χ1v) is 7.20. The molecule has 4 nitrogen and oxygen atoms in total. The summed E-state index contributed by atoms with van der Waals surface area (Å²) in [7, 11) is 0. The molecule has 1 unspecified atom stereocenters. The Morgan fingerprint density at radius 1 is 1.35 bits per heavy atom. The zero-order chi connectivity index (χ0) is 14.1. The Balaban J connectivity index is 1.79. The Morgan fingerprint density at radius 3 is 2.80 bits per heavy atom. The van der Waals surface area contributed by atoms with Gasteiger partial charge in [0.1, 0.15) is 5.82 Å². The number of hydrazine groups is 1. The lowest BCUT2D eigenvalue weighted by Crippen LogP contribution is -2.37. The highest BCUT2D eigenvalue weighted by atomic mass is 19.1. The van der Waals surface area contributed by atoms with Crippen molar-refractivity contribution in [1.29, 1.82) is 0 Å². The van der Waals surface area contributed by atoms with E-state index in [0.717, 1.165) is 12.8 Å². The lowest BCUT2D eigenvalue weighted by atomic mass is 9.89. The van der Waals surface area contributed by atoms with Crippen LogP contribution in [0.5, 0.6) is 0 Å². The van der Waals surface area contributed by atoms with Crippen molar-refractivity contribution >= 4 is 11.7 Å². The molecule has 0 saturated heterocycles. The summed E-state index contributed by atoms with van der Waals surface area (Å²) >= 11 is 0. The molecular formula is C15H19FN2O2. The van der Waals surface area contributed by atoms with Crippen LogP contribution in [0.2, 0.25) is 0 Å². The van der Waals surface area contributed by atoms with E-state index in [1.54, 1.807) is 11.1 Å². The maximum absolute atomic E-state index is 13.3. The van der Waals surface area contributed by atoms with Crippen molar-refractivity contribution in [3.8, 4) is 0 Å². The highest BCUT2D eigenvalue weighted by Gasteiger charge is 2.37. The van der Waals surface area contributed by atoms with Crippen molar-refractivity contribution in [2.24, 2.45) is 5.92 Å². The van der Waals surface area contributed by atoms with E-state index >= 15 is 0 Å². The molecule has 1 atom stereocenters. The van der Waals surface area contributed by atoms with Crippen LogP contribution in [0.25, 0.3) is 0 Å². The smallest absolute Gasteiger partial charge is 0.327 e. The Morgan fingerprint density at radius 2 is 2.10 bits per heavy atom. The number of halogens is 1. The summed E-state index contributed by atoms with van der Waals surface area (Å²) in [5.41, 5.74) is 4.29. The molecule has 1 aliphatic heterocycles. The second-order valence-electron chi connectivity index (χ2n) is 5.74. The summed E-state index contributed by atoms with van der Waals surface area (Å²) in [4.78, 5) is 11.5. The maximum Gasteiger partial charge on any atom is 0.327 e. The lowest BCUT2D eigenvalue weighted by molar-refractivity contribution is -0.142. The van der Waals surface area contributed by atoms with E-state index in [-0.39, 0.29) is 5.82 Å². The molecule has 1 saturated carbocycles. The average Bonchev–Trinajstić information content (AvgIpc) is 2.76. The van der Waals surface area contributed by atoms with Crippen molar-refractivity contribution in [2.75, 3.05) is 12.0 Å². The van der Waals surface area contributed by atoms with Gasteiger partial charge in [0.2, 0.25) is 0 Å². The molecule has 0 amide bonds. The normalized spacial score (nSPS) is 23.4. The molecule has 1 aromatic rings. The van der Waals surface area contributed by atoms with E-state index in [1.807, 2.05) is 0 Å². The number of fused-ring (bicyclic) bond motifs is 1. The van der Waals surface area contributed by atoms with Crippen LogP contribution in [-0.4, -0.2) is 22.6 Å². The van der Waals surface area contributed by atoms with E-state index in [1.165, 1.54) is 31.4 Å². The first-order valence-electron chi connectivity index (χ1n) is 7.20. The summed E-state index contributed by atoms with van der Waals surface area (Å²) in [6.07, 6.45) is 6.01. The van der Waals surface area contributed by atoms with Crippen LogP contribution >= 0.6 is 0 Å². The molecule has 3 rings (SSSR count). The second kappa shape index (κ2) is 5.40. The Labute approximate surface area is 117 Å². The zero-order valence-electron chi connectivity index (χ0n) is 11.3. The first-order chi connectivity index (χ1) is 9.65. The number of anilines is 1. The fourth-order valence-corrected chi connectivity index (χ4v) is 3.32. The number of nitrogens with zero attached hydrogens (tertiary/aromatic N) is 1. The minimum Gasteiger partial charge on any atom is -0.480 e. The van der Waals surface area contributed by atoms with Crippen molar-refractivity contribution in [3.05, 3.63) is 29.6 Å². The maximum atomic E-state index is 13.3. The highest BCUT2D eigenvalue weighted by molar-refractivity contribution is 5.80. The molecule has 0 aromatic heterocycles. The molecule has 2 aliphatic rings. The Hall–Kier alpha value is -1.62. The zero-order valence-corrected chi connectivity index (χ0v) is 11.3. The molecule has 1 fully saturated rings. The molecule has 0 radical (unpaired) electrons. The number of carbonyl (C=O) groups is 1. The average molecular weight is 278 g/mol. The van der Waals surface area contributed by atoms with E-state index in [0.29, 0.717) is 23.7 Å². The number of carboxylic acid groups (broad SMARTS) is 1. The van der Waals surface area contributed by atoms with Crippen molar-refractivity contribution in [3.63, 3.8) is 0 Å². The third-order valence-electron chi connectivity index (χ3n) is 4.30. The third kappa shape index (κ3) is 2.50. The highest BCUT2D eigenvalue weighted by Crippen LogP contribution is 2.37. The van der Waals surface area contributed by atoms with Gasteiger partial charge in [-0.25, -0.2) is 9.40 Å². The van der Waals surface area contributed by atoms with Gasteiger partial charge in [0.25, 0.3) is 0 Å². The van der Waals surface area contributed by atoms with Gasteiger partial charge in [-0.1, -0.05) is 25.3 Å². The summed E-state index contributed by atoms with van der Waals surface area (Å²) in [6, 6.07) is 3.54. The fourth-order valence-electron chi connectivity index (χ4n) is 3.32. The quantitative estimate of drug-likeness (QED) is 0.891. The van der Waals surface area contributed by atoms with E-state index in [9.17, 15) is 14.3 Å². The minimum atomic E-state index is -0.890. The van der Waals surface area contributed by atoms with Crippen LogP contribution < -0.4 is 5.43 Å². The summed E-state index contributed by atoms with van der Waals surface area (Å²) in [5, 5.41) is 11.2. The SMILES string of the molecule is O=C(O)C1c2ccc(F)cc2NN1CC1CCCCC1. The molecule has 0 bridgehead atoms. The van der Waals surface area contributed by atoms with Gasteiger partial charge in [-0.15, -0.1) is 0 Å². The van der Waals surface area contributed by atoms with Crippen LogP contribution in [0.3, 0.4) is 0 Å². The van der Waals surface area contributed by atoms with Crippen LogP contribution in [0, 0.1) is 11.7 Å². The van der Waals surface area contributed by atoms with Gasteiger partial charge in [0, 0.05) is 12.1 Å². The van der Waals surface area contributed by atoms with Gasteiger partial charge in [-0.3, -0.25) is 4.79 Å². The van der Waals surface area contributed by atoms with E-state index < -0.39 is 12.0 Å².